The highest BCUT2D eigenvalue weighted by Gasteiger charge is 2.28. The summed E-state index contributed by atoms with van der Waals surface area (Å²) in [5.74, 6) is 0.364. The third-order valence-corrected chi connectivity index (χ3v) is 5.35. The number of aromatic nitrogens is 3. The quantitative estimate of drug-likeness (QED) is 0.365. The fourth-order valence-corrected chi connectivity index (χ4v) is 3.27. The predicted octanol–water partition coefficient (Wildman–Crippen LogP) is 5.95. The van der Waals surface area contributed by atoms with Crippen molar-refractivity contribution in [2.45, 2.75) is 13.8 Å². The summed E-state index contributed by atoms with van der Waals surface area (Å²) in [6, 6.07) is 21.0. The van der Waals surface area contributed by atoms with Gasteiger partial charge in [-0.2, -0.15) is 0 Å². The summed E-state index contributed by atoms with van der Waals surface area (Å²) in [4.78, 5) is 23.5. The number of imidazole rings is 1. The molecule has 0 spiro atoms. The maximum Gasteiger partial charge on any atom is 0.312 e. The molecule has 2 aromatic carbocycles. The van der Waals surface area contributed by atoms with E-state index in [4.69, 9.17) is 16.3 Å². The number of hydrogen-bond acceptors (Lipinski definition) is 4. The Morgan fingerprint density at radius 1 is 1.00 bits per heavy atom. The van der Waals surface area contributed by atoms with Gasteiger partial charge in [-0.1, -0.05) is 41.9 Å². The molecule has 2 heterocycles. The lowest BCUT2D eigenvalue weighted by Gasteiger charge is -2.19. The van der Waals surface area contributed by atoms with Gasteiger partial charge in [0.2, 0.25) is 0 Å². The van der Waals surface area contributed by atoms with Gasteiger partial charge in [-0.25, -0.2) is 4.98 Å². The van der Waals surface area contributed by atoms with Crippen molar-refractivity contribution < 1.29 is 14.6 Å². The Balaban J connectivity index is 1.48. The highest BCUT2D eigenvalue weighted by atomic mass is 35.5. The number of benzene rings is 2. The van der Waals surface area contributed by atoms with Crippen molar-refractivity contribution >= 4 is 17.6 Å². The van der Waals surface area contributed by atoms with Gasteiger partial charge in [-0.3, -0.25) is 9.78 Å². The summed E-state index contributed by atoms with van der Waals surface area (Å²) in [6.07, 6.45) is 1.75. The molecule has 7 heteroatoms. The van der Waals surface area contributed by atoms with Crippen LogP contribution in [0.15, 0.2) is 72.9 Å². The molecule has 0 saturated heterocycles. The summed E-state index contributed by atoms with van der Waals surface area (Å²) in [6.45, 7) is 3.35. The zero-order valence-corrected chi connectivity index (χ0v) is 18.4. The van der Waals surface area contributed by atoms with E-state index in [1.54, 1.807) is 32.2 Å². The highest BCUT2D eigenvalue weighted by Crippen LogP contribution is 2.30. The van der Waals surface area contributed by atoms with E-state index in [-0.39, 0.29) is 6.61 Å². The van der Waals surface area contributed by atoms with Crippen molar-refractivity contribution in [1.82, 2.24) is 15.0 Å². The summed E-state index contributed by atoms with van der Waals surface area (Å²) in [7, 11) is 0. The lowest BCUT2D eigenvalue weighted by atomic mass is 9.95. The zero-order valence-electron chi connectivity index (χ0n) is 17.7. The monoisotopic (exact) mass is 447 g/mol. The first-order chi connectivity index (χ1) is 15.3. The van der Waals surface area contributed by atoms with E-state index >= 15 is 0 Å². The molecule has 0 aliphatic rings. The molecular weight excluding hydrogens is 426 g/mol. The van der Waals surface area contributed by atoms with Crippen molar-refractivity contribution in [2.24, 2.45) is 5.41 Å². The Bertz CT molecular complexity index is 1220. The average Bonchev–Trinajstić information content (AvgIpc) is 3.20. The fourth-order valence-electron chi connectivity index (χ4n) is 3.03. The van der Waals surface area contributed by atoms with Gasteiger partial charge in [0.05, 0.1) is 11.1 Å². The Kier molecular flexibility index (Phi) is 5.97. The van der Waals surface area contributed by atoms with Crippen LogP contribution in [0, 0.1) is 5.41 Å². The molecular formula is C25H22ClN3O3. The van der Waals surface area contributed by atoms with Crippen LogP contribution >= 0.6 is 11.6 Å². The molecule has 0 unspecified atom stereocenters. The molecule has 0 radical (unpaired) electrons. The lowest BCUT2D eigenvalue weighted by molar-refractivity contribution is -0.148. The van der Waals surface area contributed by atoms with Crippen molar-refractivity contribution in [3.63, 3.8) is 0 Å². The topological polar surface area (TPSA) is 88.1 Å². The predicted molar refractivity (Wildman–Crippen MR) is 125 cm³/mol. The molecule has 0 aliphatic heterocycles. The molecule has 0 saturated carbocycles. The van der Waals surface area contributed by atoms with Crippen LogP contribution < -0.4 is 4.74 Å². The first-order valence-corrected chi connectivity index (χ1v) is 10.5. The van der Waals surface area contributed by atoms with Crippen LogP contribution in [0.2, 0.25) is 5.15 Å². The largest absolute Gasteiger partial charge is 0.492 e. The molecule has 0 fully saturated rings. The van der Waals surface area contributed by atoms with E-state index in [2.05, 4.69) is 15.0 Å². The maximum absolute atomic E-state index is 11.2. The number of aliphatic carboxylic acids is 1. The molecule has 0 atom stereocenters. The number of pyridine rings is 1. The molecule has 0 amide bonds. The average molecular weight is 448 g/mol. The molecule has 0 aliphatic carbocycles. The van der Waals surface area contributed by atoms with Gasteiger partial charge >= 0.3 is 5.97 Å². The lowest BCUT2D eigenvalue weighted by Crippen LogP contribution is -2.30. The Hall–Kier alpha value is -3.64. The van der Waals surface area contributed by atoms with Gasteiger partial charge in [0, 0.05) is 22.9 Å². The zero-order chi connectivity index (χ0) is 22.7. The number of carbonyl (C=O) groups is 1. The van der Waals surface area contributed by atoms with E-state index in [0.29, 0.717) is 22.4 Å². The van der Waals surface area contributed by atoms with Crippen LogP contribution in [-0.2, 0) is 4.79 Å². The smallest absolute Gasteiger partial charge is 0.312 e. The third-order valence-electron chi connectivity index (χ3n) is 5.07. The second-order valence-electron chi connectivity index (χ2n) is 8.05. The van der Waals surface area contributed by atoms with Gasteiger partial charge in [-0.05, 0) is 50.2 Å². The third kappa shape index (κ3) is 4.65. The number of carboxylic acid groups (broad SMARTS) is 1. The van der Waals surface area contributed by atoms with Crippen LogP contribution in [0.4, 0.5) is 0 Å². The molecule has 162 valence electrons. The Morgan fingerprint density at radius 2 is 1.69 bits per heavy atom. The fraction of sp³-hybridized carbons (Fsp3) is 0.160. The molecule has 32 heavy (non-hydrogen) atoms. The second kappa shape index (κ2) is 8.85. The molecule has 6 nitrogen and oxygen atoms in total. The van der Waals surface area contributed by atoms with Crippen LogP contribution in [0.3, 0.4) is 0 Å². The van der Waals surface area contributed by atoms with Gasteiger partial charge in [0.15, 0.2) is 0 Å². The summed E-state index contributed by atoms with van der Waals surface area (Å²) in [5.41, 5.74) is 3.24. The second-order valence-corrected chi connectivity index (χ2v) is 8.43. The number of ether oxygens (including phenoxy) is 1. The van der Waals surface area contributed by atoms with Gasteiger partial charge in [0.25, 0.3) is 0 Å². The molecule has 4 rings (SSSR count). The molecule has 0 bridgehead atoms. The standard InChI is InChI=1S/C25H22ClN3O3/c1-25(2,24(30)31)15-32-19-11-8-16(9-12-19)20-13-10-18(14-27-20)23-28-21(22(26)29-23)17-6-4-3-5-7-17/h3-14H,15H2,1-2H3,(H,28,29)(H,30,31). The maximum atomic E-state index is 11.2. The first-order valence-electron chi connectivity index (χ1n) is 10.1. The minimum Gasteiger partial charge on any atom is -0.492 e. The van der Waals surface area contributed by atoms with E-state index in [9.17, 15) is 9.90 Å². The Morgan fingerprint density at radius 3 is 2.31 bits per heavy atom. The van der Waals surface area contributed by atoms with Gasteiger partial charge in [-0.15, -0.1) is 0 Å². The van der Waals surface area contributed by atoms with Gasteiger partial charge < -0.3 is 14.8 Å². The van der Waals surface area contributed by atoms with Crippen molar-refractivity contribution in [1.29, 1.82) is 0 Å². The van der Waals surface area contributed by atoms with Gasteiger partial charge in [0.1, 0.15) is 29.0 Å². The molecule has 4 aromatic rings. The number of carboxylic acids is 1. The van der Waals surface area contributed by atoms with Crippen LogP contribution in [-0.4, -0.2) is 32.6 Å². The van der Waals surface area contributed by atoms with Crippen molar-refractivity contribution in [3.05, 3.63) is 78.1 Å². The number of H-pyrrole nitrogens is 1. The first kappa shape index (κ1) is 21.6. The minimum atomic E-state index is -0.953. The number of aromatic amines is 1. The van der Waals surface area contributed by atoms with E-state index in [1.807, 2.05) is 54.6 Å². The van der Waals surface area contributed by atoms with Crippen LogP contribution in [0.5, 0.6) is 5.75 Å². The van der Waals surface area contributed by atoms with Crippen molar-refractivity contribution in [2.75, 3.05) is 6.61 Å². The number of rotatable bonds is 7. The van der Waals surface area contributed by atoms with Crippen LogP contribution in [0.1, 0.15) is 13.8 Å². The number of nitrogens with one attached hydrogen (secondary N) is 1. The van der Waals surface area contributed by atoms with E-state index in [1.165, 1.54) is 0 Å². The summed E-state index contributed by atoms with van der Waals surface area (Å²) in [5, 5.41) is 9.67. The molecule has 2 N–H and O–H groups in total. The minimum absolute atomic E-state index is 0.0886. The summed E-state index contributed by atoms with van der Waals surface area (Å²) >= 11 is 6.36. The summed E-state index contributed by atoms with van der Waals surface area (Å²) < 4.78 is 5.62. The Labute approximate surface area is 190 Å². The van der Waals surface area contributed by atoms with E-state index < -0.39 is 11.4 Å². The molecule has 2 aromatic heterocycles. The van der Waals surface area contributed by atoms with E-state index in [0.717, 1.165) is 22.4 Å². The SMILES string of the molecule is CC(C)(COc1ccc(-c2ccc(-c3nc(-c4ccccc4)c(Cl)[nH]3)cn2)cc1)C(=O)O. The highest BCUT2D eigenvalue weighted by molar-refractivity contribution is 6.32. The normalized spacial score (nSPS) is 11.3. The number of hydrogen-bond donors (Lipinski definition) is 2. The number of nitrogens with zero attached hydrogens (tertiary/aromatic N) is 2. The number of halogens is 1. The van der Waals surface area contributed by atoms with Crippen molar-refractivity contribution in [3.8, 4) is 39.7 Å². The van der Waals surface area contributed by atoms with Crippen LogP contribution in [0.25, 0.3) is 33.9 Å².